The van der Waals surface area contributed by atoms with Crippen LogP contribution < -0.4 is 5.43 Å². The van der Waals surface area contributed by atoms with Gasteiger partial charge < -0.3 is 19.7 Å². The van der Waals surface area contributed by atoms with Crippen molar-refractivity contribution in [2.45, 2.75) is 0 Å². The van der Waals surface area contributed by atoms with Crippen molar-refractivity contribution in [3.63, 3.8) is 0 Å². The van der Waals surface area contributed by atoms with Crippen LogP contribution >= 0.6 is 0 Å². The number of para-hydroxylation sites is 1. The van der Waals surface area contributed by atoms with E-state index >= 15 is 0 Å². The topological polar surface area (TPSA) is 108 Å². The summed E-state index contributed by atoms with van der Waals surface area (Å²) in [5, 5.41) is 29.1. The first-order valence-electron chi connectivity index (χ1n) is 6.30. The highest BCUT2D eigenvalue weighted by Crippen LogP contribution is 2.40. The highest BCUT2D eigenvalue weighted by molar-refractivity contribution is 6.00. The number of carboxylic acids is 1. The van der Waals surface area contributed by atoms with Gasteiger partial charge in [-0.3, -0.25) is 4.79 Å². The van der Waals surface area contributed by atoms with Gasteiger partial charge in [-0.25, -0.2) is 4.79 Å². The second-order valence-corrected chi connectivity index (χ2v) is 4.63. The van der Waals surface area contributed by atoms with Crippen molar-refractivity contribution in [2.75, 3.05) is 0 Å². The van der Waals surface area contributed by atoms with Crippen LogP contribution in [0.5, 0.6) is 11.5 Å². The monoisotopic (exact) mass is 298 g/mol. The van der Waals surface area contributed by atoms with E-state index in [1.807, 2.05) is 0 Å². The Morgan fingerprint density at radius 1 is 1.14 bits per heavy atom. The Labute approximate surface area is 123 Å². The van der Waals surface area contributed by atoms with Gasteiger partial charge in [-0.1, -0.05) is 12.1 Å². The van der Waals surface area contributed by atoms with Gasteiger partial charge >= 0.3 is 5.97 Å². The molecule has 3 rings (SSSR count). The van der Waals surface area contributed by atoms with E-state index in [1.165, 1.54) is 24.3 Å². The maximum absolute atomic E-state index is 11.5. The van der Waals surface area contributed by atoms with Crippen molar-refractivity contribution < 1.29 is 24.5 Å². The van der Waals surface area contributed by atoms with E-state index in [0.717, 1.165) is 6.08 Å². The number of hydrogen-bond donors (Lipinski definition) is 3. The van der Waals surface area contributed by atoms with Crippen LogP contribution in [-0.2, 0) is 4.79 Å². The average molecular weight is 298 g/mol. The standard InChI is InChI=1S/C16H10O6/c17-11-6-4-10-8(5-7-13(19)20)9-2-1-3-12(18)15(9)22-16(10)14(11)21/h1-7,18,21H,(H,19,20)/b7-5+. The third kappa shape index (κ3) is 2.07. The molecule has 0 atom stereocenters. The molecule has 1 aromatic rings. The summed E-state index contributed by atoms with van der Waals surface area (Å²) in [5.74, 6) is -2.02. The van der Waals surface area contributed by atoms with E-state index in [9.17, 15) is 19.8 Å². The molecule has 0 spiro atoms. The van der Waals surface area contributed by atoms with Crippen LogP contribution in [0.3, 0.4) is 0 Å². The molecule has 2 aliphatic rings. The molecule has 1 aliphatic carbocycles. The van der Waals surface area contributed by atoms with Crippen LogP contribution in [-0.4, -0.2) is 21.3 Å². The summed E-state index contributed by atoms with van der Waals surface area (Å²) in [6, 6.07) is 7.22. The second kappa shape index (κ2) is 4.92. The van der Waals surface area contributed by atoms with Gasteiger partial charge in [0, 0.05) is 17.0 Å². The van der Waals surface area contributed by atoms with Gasteiger partial charge in [0.25, 0.3) is 0 Å². The van der Waals surface area contributed by atoms with Crippen molar-refractivity contribution in [2.24, 2.45) is 0 Å². The Morgan fingerprint density at radius 2 is 1.91 bits per heavy atom. The fourth-order valence-corrected chi connectivity index (χ4v) is 2.29. The molecule has 3 N–H and O–H groups in total. The Balaban J connectivity index is 2.51. The quantitative estimate of drug-likeness (QED) is 0.495. The maximum atomic E-state index is 11.5. The van der Waals surface area contributed by atoms with Gasteiger partial charge in [0.2, 0.25) is 11.2 Å². The lowest BCUT2D eigenvalue weighted by molar-refractivity contribution is -0.131. The zero-order chi connectivity index (χ0) is 15.9. The molecule has 6 heteroatoms. The average Bonchev–Trinajstić information content (AvgIpc) is 2.48. The number of phenols is 2. The molecular weight excluding hydrogens is 288 g/mol. The van der Waals surface area contributed by atoms with Crippen LogP contribution in [0.1, 0.15) is 5.56 Å². The van der Waals surface area contributed by atoms with Crippen LogP contribution in [0.15, 0.2) is 45.6 Å². The summed E-state index contributed by atoms with van der Waals surface area (Å²) in [5.41, 5.74) is 0.220. The highest BCUT2D eigenvalue weighted by Gasteiger charge is 2.20. The number of aromatic hydroxyl groups is 2. The number of benzene rings is 2. The summed E-state index contributed by atoms with van der Waals surface area (Å²) >= 11 is 0. The number of phenolic OH excluding ortho intramolecular Hbond substituents is 2. The number of fused-ring (bicyclic) bond motifs is 2. The van der Waals surface area contributed by atoms with Gasteiger partial charge in [0.15, 0.2) is 17.1 Å². The molecule has 6 nitrogen and oxygen atoms in total. The molecule has 0 amide bonds. The number of rotatable bonds is 2. The first kappa shape index (κ1) is 13.7. The SMILES string of the molecule is O=C(O)/C=C/c1c2ccc(=O)c(O)c-2oc2c(O)cccc12. The zero-order valence-corrected chi connectivity index (χ0v) is 11.1. The number of carbonyl (C=O) groups is 1. The largest absolute Gasteiger partial charge is 0.504 e. The van der Waals surface area contributed by atoms with E-state index in [4.69, 9.17) is 9.52 Å². The van der Waals surface area contributed by atoms with E-state index < -0.39 is 17.1 Å². The predicted molar refractivity (Wildman–Crippen MR) is 79.1 cm³/mol. The van der Waals surface area contributed by atoms with E-state index in [1.54, 1.807) is 12.1 Å². The molecular formula is C16H10O6. The molecule has 0 saturated heterocycles. The fraction of sp³-hybridized carbons (Fsp3) is 0. The summed E-state index contributed by atoms with van der Waals surface area (Å²) in [6.07, 6.45) is 2.26. The lowest BCUT2D eigenvalue weighted by Gasteiger charge is -2.13. The Morgan fingerprint density at radius 3 is 2.64 bits per heavy atom. The number of aliphatic carboxylic acids is 1. The van der Waals surface area contributed by atoms with Crippen LogP contribution in [0, 0.1) is 0 Å². The van der Waals surface area contributed by atoms with Crippen molar-refractivity contribution in [1.82, 2.24) is 0 Å². The van der Waals surface area contributed by atoms with Gasteiger partial charge in [0.1, 0.15) is 0 Å². The Kier molecular flexibility index (Phi) is 3.06. The molecule has 1 aliphatic heterocycles. The van der Waals surface area contributed by atoms with Crippen LogP contribution in [0.25, 0.3) is 28.4 Å². The summed E-state index contributed by atoms with van der Waals surface area (Å²) in [6.45, 7) is 0. The lowest BCUT2D eigenvalue weighted by Crippen LogP contribution is -2.02. The van der Waals surface area contributed by atoms with Gasteiger partial charge in [-0.2, -0.15) is 0 Å². The van der Waals surface area contributed by atoms with Gasteiger partial charge in [0.05, 0.1) is 0 Å². The second-order valence-electron chi connectivity index (χ2n) is 4.63. The van der Waals surface area contributed by atoms with Crippen LogP contribution in [0.4, 0.5) is 0 Å². The molecule has 0 bridgehead atoms. The summed E-state index contributed by atoms with van der Waals surface area (Å²) < 4.78 is 5.45. The third-order valence-corrected chi connectivity index (χ3v) is 3.27. The highest BCUT2D eigenvalue weighted by atomic mass is 16.4. The summed E-state index contributed by atoms with van der Waals surface area (Å²) in [4.78, 5) is 22.3. The lowest BCUT2D eigenvalue weighted by atomic mass is 9.98. The minimum absolute atomic E-state index is 0.0564. The van der Waals surface area contributed by atoms with Crippen molar-refractivity contribution >= 4 is 23.0 Å². The fourth-order valence-electron chi connectivity index (χ4n) is 2.29. The number of hydrogen-bond acceptors (Lipinski definition) is 5. The van der Waals surface area contributed by atoms with Gasteiger partial charge in [-0.05, 0) is 29.8 Å². The molecule has 1 heterocycles. The van der Waals surface area contributed by atoms with Crippen LogP contribution in [0.2, 0.25) is 0 Å². The minimum Gasteiger partial charge on any atom is -0.504 e. The third-order valence-electron chi connectivity index (χ3n) is 3.27. The zero-order valence-electron chi connectivity index (χ0n) is 11.1. The Bertz CT molecular complexity index is 951. The predicted octanol–water partition coefficient (Wildman–Crippen LogP) is 2.41. The minimum atomic E-state index is -1.15. The molecule has 0 aromatic heterocycles. The van der Waals surface area contributed by atoms with Gasteiger partial charge in [-0.15, -0.1) is 0 Å². The molecule has 0 saturated carbocycles. The first-order valence-corrected chi connectivity index (χ1v) is 6.30. The van der Waals surface area contributed by atoms with Crippen molar-refractivity contribution in [1.29, 1.82) is 0 Å². The van der Waals surface area contributed by atoms with Crippen molar-refractivity contribution in [3.05, 3.63) is 52.2 Å². The van der Waals surface area contributed by atoms with E-state index in [2.05, 4.69) is 0 Å². The smallest absolute Gasteiger partial charge is 0.328 e. The summed E-state index contributed by atoms with van der Waals surface area (Å²) in [7, 11) is 0. The molecule has 0 fully saturated rings. The maximum Gasteiger partial charge on any atom is 0.328 e. The van der Waals surface area contributed by atoms with E-state index in [-0.39, 0.29) is 17.1 Å². The molecule has 1 aromatic carbocycles. The molecule has 0 radical (unpaired) electrons. The molecule has 22 heavy (non-hydrogen) atoms. The van der Waals surface area contributed by atoms with Crippen molar-refractivity contribution in [3.8, 4) is 22.8 Å². The molecule has 0 unspecified atom stereocenters. The number of carboxylic acid groups (broad SMARTS) is 1. The molecule has 110 valence electrons. The van der Waals surface area contributed by atoms with E-state index in [0.29, 0.717) is 16.5 Å². The Hall–Kier alpha value is -3.28. The first-order chi connectivity index (χ1) is 10.5. The normalized spacial score (nSPS) is 11.5.